The fraction of sp³-hybridized carbons (Fsp3) is 0.500. The lowest BCUT2D eigenvalue weighted by molar-refractivity contribution is 0.109. The SMILES string of the molecule is O=C1O[C@@H](CN2C=CNN2)CN1c1ccc(N2CCCSCCC2)c(F)c1. The van der Waals surface area contributed by atoms with Crippen LogP contribution in [0, 0.1) is 5.82 Å². The summed E-state index contributed by atoms with van der Waals surface area (Å²) in [5.41, 5.74) is 6.90. The predicted molar refractivity (Wildman–Crippen MR) is 105 cm³/mol. The lowest BCUT2D eigenvalue weighted by atomic mass is 10.2. The third-order valence-electron chi connectivity index (χ3n) is 4.84. The van der Waals surface area contributed by atoms with Crippen LogP contribution in [0.2, 0.25) is 0 Å². The Bertz CT molecular complexity index is 711. The summed E-state index contributed by atoms with van der Waals surface area (Å²) in [6, 6.07) is 5.04. The van der Waals surface area contributed by atoms with Gasteiger partial charge in [-0.25, -0.2) is 9.18 Å². The van der Waals surface area contributed by atoms with Gasteiger partial charge in [-0.05, 0) is 42.5 Å². The molecular weight excluding hydrogens is 369 g/mol. The molecule has 0 radical (unpaired) electrons. The summed E-state index contributed by atoms with van der Waals surface area (Å²) >= 11 is 1.97. The number of hydrazine groups is 2. The molecular formula is C18H24FN5O2S. The second-order valence-corrected chi connectivity index (χ2v) is 8.01. The van der Waals surface area contributed by atoms with Gasteiger partial charge in [-0.1, -0.05) is 0 Å². The number of anilines is 2. The largest absolute Gasteiger partial charge is 0.442 e. The van der Waals surface area contributed by atoms with Crippen LogP contribution in [0.3, 0.4) is 0 Å². The van der Waals surface area contributed by atoms with Crippen molar-refractivity contribution in [2.45, 2.75) is 18.9 Å². The van der Waals surface area contributed by atoms with Crippen molar-refractivity contribution in [1.29, 1.82) is 0 Å². The first-order valence-electron chi connectivity index (χ1n) is 9.25. The summed E-state index contributed by atoms with van der Waals surface area (Å²) in [6.45, 7) is 2.63. The van der Waals surface area contributed by atoms with Gasteiger partial charge in [-0.15, -0.1) is 5.53 Å². The molecule has 4 rings (SSSR count). The van der Waals surface area contributed by atoms with Gasteiger partial charge in [0, 0.05) is 25.5 Å². The number of cyclic esters (lactones) is 1. The van der Waals surface area contributed by atoms with Crippen LogP contribution in [0.25, 0.3) is 0 Å². The molecule has 2 N–H and O–H groups in total. The number of nitrogens with one attached hydrogen (secondary N) is 2. The molecule has 3 heterocycles. The fourth-order valence-corrected chi connectivity index (χ4v) is 4.40. The summed E-state index contributed by atoms with van der Waals surface area (Å²) in [4.78, 5) is 15.8. The number of carbonyl (C=O) groups excluding carboxylic acids is 1. The Balaban J connectivity index is 1.43. The van der Waals surface area contributed by atoms with Crippen LogP contribution in [-0.2, 0) is 4.74 Å². The van der Waals surface area contributed by atoms with Crippen LogP contribution >= 0.6 is 11.8 Å². The average molecular weight is 393 g/mol. The number of hydrogen-bond donors (Lipinski definition) is 2. The van der Waals surface area contributed by atoms with Gasteiger partial charge in [0.25, 0.3) is 0 Å². The normalized spacial score (nSPS) is 23.2. The van der Waals surface area contributed by atoms with Gasteiger partial charge in [0.05, 0.1) is 24.5 Å². The van der Waals surface area contributed by atoms with Crippen LogP contribution in [0.4, 0.5) is 20.6 Å². The van der Waals surface area contributed by atoms with Gasteiger partial charge in [-0.3, -0.25) is 9.91 Å². The van der Waals surface area contributed by atoms with Crippen molar-refractivity contribution < 1.29 is 13.9 Å². The van der Waals surface area contributed by atoms with E-state index in [-0.39, 0.29) is 11.9 Å². The molecule has 0 saturated carbocycles. The molecule has 1 aromatic rings. The summed E-state index contributed by atoms with van der Waals surface area (Å²) in [6.07, 6.45) is 4.97. The Kier molecular flexibility index (Phi) is 5.58. The highest BCUT2D eigenvalue weighted by Crippen LogP contribution is 2.29. The second-order valence-electron chi connectivity index (χ2n) is 6.78. The van der Waals surface area contributed by atoms with Gasteiger partial charge in [0.1, 0.15) is 11.9 Å². The number of carbonyl (C=O) groups is 1. The van der Waals surface area contributed by atoms with Crippen molar-refractivity contribution in [1.82, 2.24) is 16.0 Å². The van der Waals surface area contributed by atoms with E-state index in [1.165, 1.54) is 11.0 Å². The molecule has 1 atom stereocenters. The molecule has 1 aromatic carbocycles. The van der Waals surface area contributed by atoms with E-state index >= 15 is 0 Å². The zero-order valence-electron chi connectivity index (χ0n) is 15.1. The van der Waals surface area contributed by atoms with Gasteiger partial charge in [0.2, 0.25) is 0 Å². The van der Waals surface area contributed by atoms with E-state index in [9.17, 15) is 9.18 Å². The summed E-state index contributed by atoms with van der Waals surface area (Å²) < 4.78 is 20.2. The van der Waals surface area contributed by atoms with E-state index in [4.69, 9.17) is 4.74 Å². The zero-order chi connectivity index (χ0) is 18.6. The molecule has 3 aliphatic heterocycles. The number of halogens is 1. The highest BCUT2D eigenvalue weighted by atomic mass is 32.2. The van der Waals surface area contributed by atoms with Crippen molar-refractivity contribution in [2.75, 3.05) is 47.5 Å². The smallest absolute Gasteiger partial charge is 0.414 e. The lowest BCUT2D eigenvalue weighted by Crippen LogP contribution is -2.41. The number of ether oxygens (including phenoxy) is 1. The number of nitrogens with zero attached hydrogens (tertiary/aromatic N) is 3. The van der Waals surface area contributed by atoms with Crippen molar-refractivity contribution >= 4 is 29.2 Å². The molecule has 146 valence electrons. The summed E-state index contributed by atoms with van der Waals surface area (Å²) in [7, 11) is 0. The molecule has 9 heteroatoms. The highest BCUT2D eigenvalue weighted by Gasteiger charge is 2.34. The van der Waals surface area contributed by atoms with Crippen LogP contribution in [0.5, 0.6) is 0 Å². The molecule has 0 unspecified atom stereocenters. The second kappa shape index (κ2) is 8.26. The molecule has 2 fully saturated rings. The number of rotatable bonds is 4. The molecule has 0 aromatic heterocycles. The third kappa shape index (κ3) is 4.24. The van der Waals surface area contributed by atoms with E-state index in [2.05, 4.69) is 15.9 Å². The first-order chi connectivity index (χ1) is 13.2. The Labute approximate surface area is 162 Å². The Morgan fingerprint density at radius 1 is 1.26 bits per heavy atom. The molecule has 0 bridgehead atoms. The topological polar surface area (TPSA) is 60.1 Å². The summed E-state index contributed by atoms with van der Waals surface area (Å²) in [5, 5.41) is 1.80. The zero-order valence-corrected chi connectivity index (χ0v) is 15.9. The molecule has 1 amide bonds. The molecule has 3 aliphatic rings. The fourth-order valence-electron chi connectivity index (χ4n) is 3.53. The van der Waals surface area contributed by atoms with Crippen LogP contribution in [0.15, 0.2) is 30.6 Å². The number of thioether (sulfide) groups is 1. The Morgan fingerprint density at radius 2 is 2.07 bits per heavy atom. The van der Waals surface area contributed by atoms with Crippen LogP contribution in [0.1, 0.15) is 12.8 Å². The highest BCUT2D eigenvalue weighted by molar-refractivity contribution is 7.99. The van der Waals surface area contributed by atoms with Crippen molar-refractivity contribution in [3.05, 3.63) is 36.4 Å². The molecule has 0 spiro atoms. The van der Waals surface area contributed by atoms with Crippen LogP contribution in [-0.4, -0.2) is 54.9 Å². The van der Waals surface area contributed by atoms with Crippen LogP contribution < -0.4 is 20.8 Å². The van der Waals surface area contributed by atoms with Gasteiger partial charge < -0.3 is 15.1 Å². The summed E-state index contributed by atoms with van der Waals surface area (Å²) in [5.74, 6) is 1.95. The number of amides is 1. The minimum Gasteiger partial charge on any atom is -0.442 e. The maximum atomic E-state index is 14.8. The molecule has 0 aliphatic carbocycles. The lowest BCUT2D eigenvalue weighted by Gasteiger charge is -2.27. The third-order valence-corrected chi connectivity index (χ3v) is 5.99. The Morgan fingerprint density at radius 3 is 2.78 bits per heavy atom. The Hall–Kier alpha value is -2.13. The van der Waals surface area contributed by atoms with E-state index in [0.717, 1.165) is 37.4 Å². The average Bonchev–Trinajstić information content (AvgIpc) is 3.25. The predicted octanol–water partition coefficient (Wildman–Crippen LogP) is 2.28. The standard InChI is InChI=1S/C18H24FN5O2S/c19-16-11-14(3-4-17(16)22-6-1-9-27-10-2-7-22)24-13-15(26-18(24)25)12-23-8-5-20-21-23/h3-5,8,11,15,20-21H,1-2,6-7,9-10,12-13H2/t15-/m0/s1. The van der Waals surface area contributed by atoms with E-state index in [1.807, 2.05) is 24.0 Å². The first-order valence-corrected chi connectivity index (χ1v) is 10.4. The van der Waals surface area contributed by atoms with E-state index in [0.29, 0.717) is 24.5 Å². The monoisotopic (exact) mass is 393 g/mol. The maximum Gasteiger partial charge on any atom is 0.414 e. The van der Waals surface area contributed by atoms with Gasteiger partial charge >= 0.3 is 6.09 Å². The maximum absolute atomic E-state index is 14.8. The van der Waals surface area contributed by atoms with Crippen molar-refractivity contribution in [2.24, 2.45) is 0 Å². The molecule has 7 nitrogen and oxygen atoms in total. The number of hydrogen-bond acceptors (Lipinski definition) is 7. The quantitative estimate of drug-likeness (QED) is 0.814. The molecule has 27 heavy (non-hydrogen) atoms. The van der Waals surface area contributed by atoms with Crippen molar-refractivity contribution in [3.63, 3.8) is 0 Å². The van der Waals surface area contributed by atoms with Gasteiger partial charge in [-0.2, -0.15) is 11.8 Å². The van der Waals surface area contributed by atoms with E-state index < -0.39 is 6.09 Å². The molecule has 2 saturated heterocycles. The van der Waals surface area contributed by atoms with E-state index in [1.54, 1.807) is 17.3 Å². The van der Waals surface area contributed by atoms with Gasteiger partial charge in [0.15, 0.2) is 0 Å². The van der Waals surface area contributed by atoms with Crippen molar-refractivity contribution in [3.8, 4) is 0 Å². The first kappa shape index (κ1) is 18.2. The number of benzene rings is 1. The minimum atomic E-state index is -0.438. The minimum absolute atomic E-state index is 0.287.